The lowest BCUT2D eigenvalue weighted by Gasteiger charge is -2.35. The number of nitro groups is 1. The first-order chi connectivity index (χ1) is 18.6. The van der Waals surface area contributed by atoms with Crippen molar-refractivity contribution in [1.82, 2.24) is 15.1 Å². The number of hydrogen-bond acceptors (Lipinski definition) is 7. The summed E-state index contributed by atoms with van der Waals surface area (Å²) in [6.45, 7) is 10.9. The Kier molecular flexibility index (Phi) is 14.6. The molecule has 0 unspecified atom stereocenters. The van der Waals surface area contributed by atoms with Crippen LogP contribution in [0.3, 0.4) is 0 Å². The third-order valence-electron chi connectivity index (χ3n) is 6.71. The second kappa shape index (κ2) is 17.7. The van der Waals surface area contributed by atoms with Crippen molar-refractivity contribution in [3.63, 3.8) is 0 Å². The predicted octanol–water partition coefficient (Wildman–Crippen LogP) is 6.27. The summed E-state index contributed by atoms with van der Waals surface area (Å²) in [5.74, 6) is 0. The molecule has 0 saturated carbocycles. The number of hydrogen-bond donors (Lipinski definition) is 1. The van der Waals surface area contributed by atoms with Gasteiger partial charge in [0.1, 0.15) is 12.2 Å². The molecule has 0 aliphatic carbocycles. The number of piperazine rings is 1. The fourth-order valence-electron chi connectivity index (χ4n) is 4.46. The Morgan fingerprint density at radius 1 is 0.872 bits per heavy atom. The maximum atomic E-state index is 12.2. The van der Waals surface area contributed by atoms with Gasteiger partial charge < -0.3 is 19.7 Å². The van der Waals surface area contributed by atoms with Crippen LogP contribution in [0.2, 0.25) is 0 Å². The van der Waals surface area contributed by atoms with Crippen molar-refractivity contribution in [3.05, 3.63) is 39.9 Å². The van der Waals surface area contributed by atoms with Crippen LogP contribution in [0, 0.1) is 10.1 Å². The standard InChI is InChI=1S/C29H48N4O6/c1-29(2,3)39-28(35)32-22-20-31(21-23-32)19-13-11-9-7-5-4-6-8-10-12-18-30-27(34)38-24-25-14-16-26(17-15-25)33(36)37/h14-17H,4-13,18-24H2,1-3H3,(H,30,34). The summed E-state index contributed by atoms with van der Waals surface area (Å²) in [6.07, 6.45) is 11.4. The molecule has 10 heteroatoms. The number of alkyl carbamates (subject to hydrolysis) is 1. The molecule has 2 amide bonds. The highest BCUT2D eigenvalue weighted by Gasteiger charge is 2.25. The molecular formula is C29H48N4O6. The van der Waals surface area contributed by atoms with E-state index in [0.29, 0.717) is 12.1 Å². The normalized spacial score (nSPS) is 14.2. The van der Waals surface area contributed by atoms with Gasteiger partial charge in [-0.25, -0.2) is 9.59 Å². The van der Waals surface area contributed by atoms with Gasteiger partial charge in [-0.15, -0.1) is 0 Å². The minimum Gasteiger partial charge on any atom is -0.445 e. The molecule has 0 spiro atoms. The zero-order valence-corrected chi connectivity index (χ0v) is 24.1. The fourth-order valence-corrected chi connectivity index (χ4v) is 4.46. The quantitative estimate of drug-likeness (QED) is 0.147. The fraction of sp³-hybridized carbons (Fsp3) is 0.724. The van der Waals surface area contributed by atoms with E-state index in [-0.39, 0.29) is 18.4 Å². The topological polar surface area (TPSA) is 114 Å². The molecule has 1 aliphatic rings. The number of carbonyl (C=O) groups excluding carboxylic acids is 2. The van der Waals surface area contributed by atoms with Gasteiger partial charge in [0.05, 0.1) is 4.92 Å². The van der Waals surface area contributed by atoms with Crippen LogP contribution in [-0.4, -0.2) is 71.8 Å². The lowest BCUT2D eigenvalue weighted by atomic mass is 10.1. The van der Waals surface area contributed by atoms with Crippen LogP contribution in [0.25, 0.3) is 0 Å². The molecular weight excluding hydrogens is 500 g/mol. The van der Waals surface area contributed by atoms with Crippen LogP contribution in [0.4, 0.5) is 15.3 Å². The zero-order chi connectivity index (χ0) is 28.5. The second-order valence-electron chi connectivity index (χ2n) is 11.3. The number of unbranched alkanes of at least 4 members (excludes halogenated alkanes) is 9. The van der Waals surface area contributed by atoms with Gasteiger partial charge in [-0.3, -0.25) is 15.0 Å². The Bertz CT molecular complexity index is 864. The average molecular weight is 549 g/mol. The SMILES string of the molecule is CC(C)(C)OC(=O)N1CCN(CCCCCCCCCCCCNC(=O)OCc2ccc([N+](=O)[O-])cc2)CC1. The number of carbonyl (C=O) groups is 2. The summed E-state index contributed by atoms with van der Waals surface area (Å²) in [6, 6.07) is 5.98. The molecule has 0 radical (unpaired) electrons. The first-order valence-electron chi connectivity index (χ1n) is 14.5. The van der Waals surface area contributed by atoms with E-state index < -0.39 is 16.6 Å². The number of non-ortho nitro benzene ring substituents is 1. The van der Waals surface area contributed by atoms with Crippen molar-refractivity contribution in [2.24, 2.45) is 0 Å². The van der Waals surface area contributed by atoms with Gasteiger partial charge >= 0.3 is 12.2 Å². The molecule has 10 nitrogen and oxygen atoms in total. The molecule has 220 valence electrons. The van der Waals surface area contributed by atoms with E-state index in [0.717, 1.165) is 45.6 Å². The Labute approximate surface area is 233 Å². The minimum absolute atomic E-state index is 0.0169. The first-order valence-corrected chi connectivity index (χ1v) is 14.5. The molecule has 1 N–H and O–H groups in total. The highest BCUT2D eigenvalue weighted by molar-refractivity contribution is 5.68. The van der Waals surface area contributed by atoms with E-state index in [9.17, 15) is 19.7 Å². The van der Waals surface area contributed by atoms with E-state index in [4.69, 9.17) is 9.47 Å². The van der Waals surface area contributed by atoms with Crippen LogP contribution >= 0.6 is 0 Å². The number of amides is 2. The summed E-state index contributed by atoms with van der Waals surface area (Å²) in [4.78, 5) is 38.4. The second-order valence-corrected chi connectivity index (χ2v) is 11.3. The molecule has 1 fully saturated rings. The lowest BCUT2D eigenvalue weighted by Crippen LogP contribution is -2.50. The highest BCUT2D eigenvalue weighted by atomic mass is 16.6. The Hall–Kier alpha value is -2.88. The van der Waals surface area contributed by atoms with Crippen LogP contribution in [0.15, 0.2) is 24.3 Å². The summed E-state index contributed by atoms with van der Waals surface area (Å²) >= 11 is 0. The average Bonchev–Trinajstić information content (AvgIpc) is 2.89. The Morgan fingerprint density at radius 3 is 1.95 bits per heavy atom. The lowest BCUT2D eigenvalue weighted by molar-refractivity contribution is -0.384. The van der Waals surface area contributed by atoms with Gasteiger partial charge in [-0.1, -0.05) is 51.4 Å². The van der Waals surface area contributed by atoms with Crippen LogP contribution < -0.4 is 5.32 Å². The number of ether oxygens (including phenoxy) is 2. The van der Waals surface area contributed by atoms with Crippen molar-refractivity contribution in [2.75, 3.05) is 39.3 Å². The Balaban J connectivity index is 1.34. The van der Waals surface area contributed by atoms with Crippen molar-refractivity contribution >= 4 is 17.9 Å². The smallest absolute Gasteiger partial charge is 0.410 e. The number of rotatable bonds is 16. The monoisotopic (exact) mass is 548 g/mol. The van der Waals surface area contributed by atoms with Gasteiger partial charge in [0, 0.05) is 44.9 Å². The van der Waals surface area contributed by atoms with Gasteiger partial charge in [0.15, 0.2) is 0 Å². The van der Waals surface area contributed by atoms with Crippen molar-refractivity contribution in [2.45, 2.75) is 97.2 Å². The van der Waals surface area contributed by atoms with E-state index in [1.165, 1.54) is 63.5 Å². The number of nitro benzene ring substituents is 1. The maximum absolute atomic E-state index is 12.2. The highest BCUT2D eigenvalue weighted by Crippen LogP contribution is 2.15. The van der Waals surface area contributed by atoms with Gasteiger partial charge in [0.25, 0.3) is 5.69 Å². The van der Waals surface area contributed by atoms with E-state index in [2.05, 4.69) is 10.2 Å². The molecule has 0 aromatic heterocycles. The maximum Gasteiger partial charge on any atom is 0.410 e. The molecule has 1 aromatic rings. The predicted molar refractivity (Wildman–Crippen MR) is 152 cm³/mol. The summed E-state index contributed by atoms with van der Waals surface area (Å²) in [5, 5.41) is 13.4. The van der Waals surface area contributed by atoms with Gasteiger partial charge in [-0.2, -0.15) is 0 Å². The minimum atomic E-state index is -0.462. The molecule has 1 heterocycles. The van der Waals surface area contributed by atoms with E-state index >= 15 is 0 Å². The van der Waals surface area contributed by atoms with E-state index in [1.54, 1.807) is 12.1 Å². The molecule has 1 aromatic carbocycles. The summed E-state index contributed by atoms with van der Waals surface area (Å²) in [7, 11) is 0. The molecule has 39 heavy (non-hydrogen) atoms. The molecule has 1 aliphatic heterocycles. The first kappa shape index (κ1) is 32.3. The van der Waals surface area contributed by atoms with Crippen molar-refractivity contribution in [3.8, 4) is 0 Å². The van der Waals surface area contributed by atoms with Gasteiger partial charge in [-0.05, 0) is 57.9 Å². The number of benzene rings is 1. The van der Waals surface area contributed by atoms with Crippen molar-refractivity contribution < 1.29 is 24.0 Å². The number of nitrogens with zero attached hydrogens (tertiary/aromatic N) is 3. The third kappa shape index (κ3) is 14.7. The summed E-state index contributed by atoms with van der Waals surface area (Å²) < 4.78 is 10.6. The van der Waals surface area contributed by atoms with Crippen LogP contribution in [0.1, 0.15) is 90.5 Å². The molecule has 2 rings (SSSR count). The molecule has 0 atom stereocenters. The summed E-state index contributed by atoms with van der Waals surface area (Å²) in [5.41, 5.74) is 0.292. The largest absolute Gasteiger partial charge is 0.445 e. The third-order valence-corrected chi connectivity index (χ3v) is 6.71. The van der Waals surface area contributed by atoms with Crippen molar-refractivity contribution in [1.29, 1.82) is 0 Å². The van der Waals surface area contributed by atoms with Crippen LogP contribution in [-0.2, 0) is 16.1 Å². The van der Waals surface area contributed by atoms with Gasteiger partial charge in [0.2, 0.25) is 0 Å². The van der Waals surface area contributed by atoms with Crippen LogP contribution in [0.5, 0.6) is 0 Å². The zero-order valence-electron chi connectivity index (χ0n) is 24.1. The van der Waals surface area contributed by atoms with E-state index in [1.807, 2.05) is 25.7 Å². The number of nitrogens with one attached hydrogen (secondary N) is 1. The molecule has 1 saturated heterocycles. The Morgan fingerprint density at radius 2 is 1.41 bits per heavy atom. The molecule has 0 bridgehead atoms.